The Morgan fingerprint density at radius 2 is 1.81 bits per heavy atom. The Kier molecular flexibility index (Phi) is 6.31. The third kappa shape index (κ3) is 4.60. The van der Waals surface area contributed by atoms with Gasteiger partial charge in [0, 0.05) is 30.3 Å². The normalized spacial score (nSPS) is 11.6. The van der Waals surface area contributed by atoms with Crippen molar-refractivity contribution in [3.05, 3.63) is 36.0 Å². The summed E-state index contributed by atoms with van der Waals surface area (Å²) in [6, 6.07) is 11.6. The molecule has 1 aromatic heterocycles. The summed E-state index contributed by atoms with van der Waals surface area (Å²) < 4.78 is 2.51. The first-order chi connectivity index (χ1) is 10.2. The molecule has 0 bridgehead atoms. The van der Waals surface area contributed by atoms with Crippen LogP contribution >= 0.6 is 0 Å². The summed E-state index contributed by atoms with van der Waals surface area (Å²) in [5.74, 6) is 0. The van der Waals surface area contributed by atoms with Crippen LogP contribution in [0.4, 0.5) is 0 Å². The highest BCUT2D eigenvalue weighted by atomic mass is 15.0. The molecule has 2 rings (SSSR count). The molecule has 21 heavy (non-hydrogen) atoms. The van der Waals surface area contributed by atoms with Crippen molar-refractivity contribution in [3.8, 4) is 0 Å². The molecule has 1 aromatic carbocycles. The van der Waals surface area contributed by atoms with Crippen molar-refractivity contribution in [2.45, 2.75) is 72.0 Å². The van der Waals surface area contributed by atoms with Gasteiger partial charge in [0.2, 0.25) is 0 Å². The Bertz CT molecular complexity index is 539. The van der Waals surface area contributed by atoms with Gasteiger partial charge in [-0.15, -0.1) is 0 Å². The van der Waals surface area contributed by atoms with Crippen LogP contribution in [0, 0.1) is 0 Å². The summed E-state index contributed by atoms with van der Waals surface area (Å²) in [5, 5.41) is 4.92. The maximum atomic E-state index is 3.55. The second kappa shape index (κ2) is 8.23. The molecule has 0 amide bonds. The molecule has 0 spiro atoms. The first kappa shape index (κ1) is 16.1. The van der Waals surface area contributed by atoms with E-state index in [4.69, 9.17) is 0 Å². The monoisotopic (exact) mass is 286 g/mol. The van der Waals surface area contributed by atoms with Gasteiger partial charge in [-0.05, 0) is 23.9 Å². The van der Waals surface area contributed by atoms with Crippen LogP contribution in [-0.4, -0.2) is 10.6 Å². The quantitative estimate of drug-likeness (QED) is 0.634. The lowest BCUT2D eigenvalue weighted by Gasteiger charge is -2.13. The number of rotatable bonds is 9. The van der Waals surface area contributed by atoms with Crippen LogP contribution in [-0.2, 0) is 13.1 Å². The minimum absolute atomic E-state index is 0.529. The Balaban J connectivity index is 2.08. The molecule has 0 radical (unpaired) electrons. The summed E-state index contributed by atoms with van der Waals surface area (Å²) in [7, 11) is 0. The lowest BCUT2D eigenvalue weighted by atomic mass is 10.1. The molecule has 0 atom stereocenters. The average molecular weight is 286 g/mol. The molecule has 0 fully saturated rings. The highest BCUT2D eigenvalue weighted by molar-refractivity contribution is 5.81. The molecule has 0 aliphatic heterocycles. The third-order valence-electron chi connectivity index (χ3n) is 4.07. The number of nitrogens with zero attached hydrogens (tertiary/aromatic N) is 1. The number of hydrogen-bond acceptors (Lipinski definition) is 1. The van der Waals surface area contributed by atoms with E-state index in [1.807, 2.05) is 0 Å². The van der Waals surface area contributed by atoms with Gasteiger partial charge in [0.1, 0.15) is 0 Å². The van der Waals surface area contributed by atoms with Crippen molar-refractivity contribution in [2.24, 2.45) is 0 Å². The fraction of sp³-hybridized carbons (Fsp3) is 0.579. The number of nitrogens with one attached hydrogen (secondary N) is 1. The molecule has 2 aromatic rings. The highest BCUT2D eigenvalue weighted by Crippen LogP contribution is 2.21. The number of hydrogen-bond donors (Lipinski definition) is 1. The Hall–Kier alpha value is -1.28. The predicted octanol–water partition coefficient (Wildman–Crippen LogP) is 5.11. The van der Waals surface area contributed by atoms with Crippen molar-refractivity contribution >= 4 is 10.9 Å². The maximum absolute atomic E-state index is 3.55. The Morgan fingerprint density at radius 1 is 1.05 bits per heavy atom. The second-order valence-corrected chi connectivity index (χ2v) is 6.30. The highest BCUT2D eigenvalue weighted by Gasteiger charge is 2.08. The van der Waals surface area contributed by atoms with Gasteiger partial charge in [-0.25, -0.2) is 0 Å². The standard InChI is InChI=1S/C19H30N2/c1-4-5-6-7-10-13-21-18(15-20-16(2)3)14-17-11-8-9-12-19(17)21/h8-9,11-12,14,16,20H,4-7,10,13,15H2,1-3H3. The molecule has 116 valence electrons. The van der Waals surface area contributed by atoms with E-state index < -0.39 is 0 Å². The van der Waals surface area contributed by atoms with Crippen molar-refractivity contribution in [1.29, 1.82) is 0 Å². The van der Waals surface area contributed by atoms with Gasteiger partial charge in [-0.2, -0.15) is 0 Å². The molecule has 2 nitrogen and oxygen atoms in total. The lowest BCUT2D eigenvalue weighted by molar-refractivity contribution is 0.534. The van der Waals surface area contributed by atoms with E-state index in [0.29, 0.717) is 6.04 Å². The molecule has 0 saturated carbocycles. The van der Waals surface area contributed by atoms with Crippen LogP contribution in [0.5, 0.6) is 0 Å². The Labute approximate surface area is 129 Å². The van der Waals surface area contributed by atoms with Crippen LogP contribution in [0.1, 0.15) is 58.6 Å². The summed E-state index contributed by atoms with van der Waals surface area (Å²) in [4.78, 5) is 0. The predicted molar refractivity (Wildman–Crippen MR) is 92.7 cm³/mol. The van der Waals surface area contributed by atoms with Gasteiger partial charge >= 0.3 is 0 Å². The van der Waals surface area contributed by atoms with Crippen molar-refractivity contribution in [1.82, 2.24) is 9.88 Å². The molecule has 2 heteroatoms. The topological polar surface area (TPSA) is 17.0 Å². The van der Waals surface area contributed by atoms with E-state index in [0.717, 1.165) is 13.1 Å². The summed E-state index contributed by atoms with van der Waals surface area (Å²) in [5.41, 5.74) is 2.80. The summed E-state index contributed by atoms with van der Waals surface area (Å²) in [6.07, 6.45) is 6.68. The minimum Gasteiger partial charge on any atom is -0.343 e. The smallest absolute Gasteiger partial charge is 0.0482 e. The number of fused-ring (bicyclic) bond motifs is 1. The van der Waals surface area contributed by atoms with E-state index in [-0.39, 0.29) is 0 Å². The number of aromatic nitrogens is 1. The van der Waals surface area contributed by atoms with Crippen LogP contribution in [0.2, 0.25) is 0 Å². The van der Waals surface area contributed by atoms with E-state index in [1.54, 1.807) is 0 Å². The van der Waals surface area contributed by atoms with E-state index >= 15 is 0 Å². The van der Waals surface area contributed by atoms with E-state index in [2.05, 4.69) is 61.0 Å². The molecule has 1 N–H and O–H groups in total. The number of aryl methyl sites for hydroxylation is 1. The molecule has 0 saturated heterocycles. The molecule has 0 aliphatic carbocycles. The van der Waals surface area contributed by atoms with Crippen LogP contribution in [0.15, 0.2) is 30.3 Å². The molecule has 1 heterocycles. The zero-order valence-electron chi connectivity index (χ0n) is 13.9. The van der Waals surface area contributed by atoms with Crippen molar-refractivity contribution in [2.75, 3.05) is 0 Å². The first-order valence-electron chi connectivity index (χ1n) is 8.53. The molecular formula is C19H30N2. The molecule has 0 unspecified atom stereocenters. The second-order valence-electron chi connectivity index (χ2n) is 6.30. The zero-order valence-corrected chi connectivity index (χ0v) is 13.9. The minimum atomic E-state index is 0.529. The van der Waals surface area contributed by atoms with Crippen LogP contribution < -0.4 is 5.32 Å². The SMILES string of the molecule is CCCCCCCn1c(CNC(C)C)cc2ccccc21. The van der Waals surface area contributed by atoms with E-state index in [1.165, 1.54) is 48.7 Å². The van der Waals surface area contributed by atoms with Crippen LogP contribution in [0.3, 0.4) is 0 Å². The summed E-state index contributed by atoms with van der Waals surface area (Å²) >= 11 is 0. The fourth-order valence-corrected chi connectivity index (χ4v) is 2.86. The number of benzene rings is 1. The van der Waals surface area contributed by atoms with Crippen molar-refractivity contribution in [3.63, 3.8) is 0 Å². The number of para-hydroxylation sites is 1. The van der Waals surface area contributed by atoms with Crippen LogP contribution in [0.25, 0.3) is 10.9 Å². The first-order valence-corrected chi connectivity index (χ1v) is 8.53. The summed E-state index contributed by atoms with van der Waals surface area (Å²) in [6.45, 7) is 8.79. The van der Waals surface area contributed by atoms with Gasteiger partial charge in [-0.3, -0.25) is 0 Å². The zero-order chi connectivity index (χ0) is 15.1. The molecule has 0 aliphatic rings. The van der Waals surface area contributed by atoms with Crippen molar-refractivity contribution < 1.29 is 0 Å². The largest absolute Gasteiger partial charge is 0.343 e. The van der Waals surface area contributed by atoms with Gasteiger partial charge < -0.3 is 9.88 Å². The fourth-order valence-electron chi connectivity index (χ4n) is 2.86. The molecular weight excluding hydrogens is 256 g/mol. The van der Waals surface area contributed by atoms with Gasteiger partial charge in [-0.1, -0.05) is 64.7 Å². The van der Waals surface area contributed by atoms with Gasteiger partial charge in [0.05, 0.1) is 0 Å². The van der Waals surface area contributed by atoms with Gasteiger partial charge in [0.25, 0.3) is 0 Å². The van der Waals surface area contributed by atoms with E-state index in [9.17, 15) is 0 Å². The third-order valence-corrected chi connectivity index (χ3v) is 4.07. The Morgan fingerprint density at radius 3 is 2.57 bits per heavy atom. The average Bonchev–Trinajstić information content (AvgIpc) is 2.83. The lowest BCUT2D eigenvalue weighted by Crippen LogP contribution is -2.23. The van der Waals surface area contributed by atoms with Gasteiger partial charge in [0.15, 0.2) is 0 Å². The number of unbranched alkanes of at least 4 members (excludes halogenated alkanes) is 4. The maximum Gasteiger partial charge on any atom is 0.0482 e.